The first kappa shape index (κ1) is 9.92. The molecule has 0 aliphatic rings. The number of oxazole rings is 1. The average Bonchev–Trinajstić information content (AvgIpc) is 2.75. The highest BCUT2D eigenvalue weighted by molar-refractivity contribution is 7.08. The lowest BCUT2D eigenvalue weighted by molar-refractivity contribution is -0.136. The molecule has 0 atom stereocenters. The standard InChI is InChI=1S/C10H9NO3S/c1-6-8(4-9(12)13)11-10(14-6)7-2-3-15-5-7/h2-3,5H,4H2,1H3,(H,12,13). The molecule has 0 aliphatic carbocycles. The number of nitrogens with zero attached hydrogens (tertiary/aromatic N) is 1. The molecular formula is C10H9NO3S. The fraction of sp³-hybridized carbons (Fsp3) is 0.200. The van der Waals surface area contributed by atoms with Gasteiger partial charge in [0.05, 0.1) is 12.1 Å². The van der Waals surface area contributed by atoms with Crippen LogP contribution < -0.4 is 0 Å². The topological polar surface area (TPSA) is 63.3 Å². The molecule has 1 N–H and O–H groups in total. The van der Waals surface area contributed by atoms with Crippen LogP contribution in [-0.4, -0.2) is 16.1 Å². The molecule has 0 aromatic carbocycles. The van der Waals surface area contributed by atoms with E-state index in [0.29, 0.717) is 17.3 Å². The zero-order valence-corrected chi connectivity index (χ0v) is 8.87. The fourth-order valence-electron chi connectivity index (χ4n) is 1.24. The lowest BCUT2D eigenvalue weighted by Gasteiger charge is -1.88. The predicted molar refractivity (Wildman–Crippen MR) is 55.9 cm³/mol. The molecule has 2 heterocycles. The van der Waals surface area contributed by atoms with Gasteiger partial charge in [0.1, 0.15) is 5.76 Å². The minimum Gasteiger partial charge on any atom is -0.481 e. The monoisotopic (exact) mass is 223 g/mol. The van der Waals surface area contributed by atoms with Crippen molar-refractivity contribution in [3.63, 3.8) is 0 Å². The van der Waals surface area contributed by atoms with Crippen LogP contribution in [0.5, 0.6) is 0 Å². The van der Waals surface area contributed by atoms with Crippen LogP contribution in [0.15, 0.2) is 21.2 Å². The Labute approximate surface area is 90.2 Å². The second-order valence-electron chi connectivity index (χ2n) is 3.10. The molecule has 0 spiro atoms. The minimum atomic E-state index is -0.900. The Morgan fingerprint density at radius 3 is 3.07 bits per heavy atom. The number of hydrogen-bond acceptors (Lipinski definition) is 4. The molecule has 2 aromatic rings. The van der Waals surface area contributed by atoms with Gasteiger partial charge in [-0.1, -0.05) is 0 Å². The van der Waals surface area contributed by atoms with E-state index in [0.717, 1.165) is 5.56 Å². The summed E-state index contributed by atoms with van der Waals surface area (Å²) in [4.78, 5) is 14.7. The zero-order chi connectivity index (χ0) is 10.8. The van der Waals surface area contributed by atoms with E-state index in [2.05, 4.69) is 4.98 Å². The predicted octanol–water partition coefficient (Wildman–Crippen LogP) is 2.34. The van der Waals surface area contributed by atoms with Crippen molar-refractivity contribution in [1.82, 2.24) is 4.98 Å². The highest BCUT2D eigenvalue weighted by Crippen LogP contribution is 2.23. The summed E-state index contributed by atoms with van der Waals surface area (Å²) in [5, 5.41) is 12.5. The molecule has 15 heavy (non-hydrogen) atoms. The van der Waals surface area contributed by atoms with Crippen molar-refractivity contribution in [3.8, 4) is 11.5 Å². The molecule has 0 aliphatic heterocycles. The number of aryl methyl sites for hydroxylation is 1. The number of aliphatic carboxylic acids is 1. The van der Waals surface area contributed by atoms with Gasteiger partial charge in [-0.05, 0) is 18.4 Å². The first-order valence-electron chi connectivity index (χ1n) is 4.37. The number of rotatable bonds is 3. The van der Waals surface area contributed by atoms with Gasteiger partial charge in [0.15, 0.2) is 0 Å². The summed E-state index contributed by atoms with van der Waals surface area (Å²) < 4.78 is 5.39. The lowest BCUT2D eigenvalue weighted by atomic mass is 10.3. The molecule has 2 aromatic heterocycles. The number of carbonyl (C=O) groups is 1. The lowest BCUT2D eigenvalue weighted by Crippen LogP contribution is -2.01. The molecular weight excluding hydrogens is 214 g/mol. The van der Waals surface area contributed by atoms with Crippen molar-refractivity contribution in [2.75, 3.05) is 0 Å². The maximum absolute atomic E-state index is 10.5. The van der Waals surface area contributed by atoms with Crippen LogP contribution in [0.4, 0.5) is 0 Å². The van der Waals surface area contributed by atoms with Crippen LogP contribution in [0.25, 0.3) is 11.5 Å². The molecule has 0 fully saturated rings. The molecule has 4 nitrogen and oxygen atoms in total. The van der Waals surface area contributed by atoms with E-state index in [-0.39, 0.29) is 6.42 Å². The summed E-state index contributed by atoms with van der Waals surface area (Å²) in [5.74, 6) is 0.159. The van der Waals surface area contributed by atoms with Gasteiger partial charge in [-0.3, -0.25) is 4.79 Å². The van der Waals surface area contributed by atoms with Crippen molar-refractivity contribution < 1.29 is 14.3 Å². The van der Waals surface area contributed by atoms with Crippen molar-refractivity contribution in [1.29, 1.82) is 0 Å². The Morgan fingerprint density at radius 1 is 1.67 bits per heavy atom. The average molecular weight is 223 g/mol. The second-order valence-corrected chi connectivity index (χ2v) is 3.88. The molecule has 0 unspecified atom stereocenters. The Kier molecular flexibility index (Phi) is 2.55. The third-order valence-electron chi connectivity index (χ3n) is 1.98. The van der Waals surface area contributed by atoms with Gasteiger partial charge in [-0.2, -0.15) is 11.3 Å². The Hall–Kier alpha value is -1.62. The minimum absolute atomic E-state index is 0.0977. The summed E-state index contributed by atoms with van der Waals surface area (Å²) in [7, 11) is 0. The summed E-state index contributed by atoms with van der Waals surface area (Å²) in [6.45, 7) is 1.72. The molecule has 0 saturated carbocycles. The van der Waals surface area contributed by atoms with E-state index >= 15 is 0 Å². The van der Waals surface area contributed by atoms with Gasteiger partial charge in [-0.25, -0.2) is 4.98 Å². The van der Waals surface area contributed by atoms with Crippen molar-refractivity contribution in [2.24, 2.45) is 0 Å². The zero-order valence-electron chi connectivity index (χ0n) is 8.06. The van der Waals surface area contributed by atoms with Crippen LogP contribution >= 0.6 is 11.3 Å². The number of carboxylic acids is 1. The maximum atomic E-state index is 10.5. The molecule has 78 valence electrons. The number of hydrogen-bond donors (Lipinski definition) is 1. The molecule has 0 saturated heterocycles. The van der Waals surface area contributed by atoms with Gasteiger partial charge in [0.25, 0.3) is 0 Å². The summed E-state index contributed by atoms with van der Waals surface area (Å²) in [5.41, 5.74) is 1.38. The Morgan fingerprint density at radius 2 is 2.47 bits per heavy atom. The van der Waals surface area contributed by atoms with Gasteiger partial charge in [0.2, 0.25) is 5.89 Å². The SMILES string of the molecule is Cc1oc(-c2ccsc2)nc1CC(=O)O. The molecule has 2 rings (SSSR count). The quantitative estimate of drug-likeness (QED) is 0.867. The fourth-order valence-corrected chi connectivity index (χ4v) is 1.87. The first-order valence-corrected chi connectivity index (χ1v) is 5.32. The summed E-state index contributed by atoms with van der Waals surface area (Å²) >= 11 is 1.55. The van der Waals surface area contributed by atoms with Crippen LogP contribution in [0.3, 0.4) is 0 Å². The number of aromatic nitrogens is 1. The molecule has 0 bridgehead atoms. The van der Waals surface area contributed by atoms with E-state index in [1.54, 1.807) is 18.3 Å². The third kappa shape index (κ3) is 2.07. The molecule has 5 heteroatoms. The smallest absolute Gasteiger partial charge is 0.309 e. The number of carboxylic acid groups (broad SMARTS) is 1. The van der Waals surface area contributed by atoms with Crippen molar-refractivity contribution in [3.05, 3.63) is 28.3 Å². The Bertz CT molecular complexity index is 473. The van der Waals surface area contributed by atoms with Gasteiger partial charge in [0, 0.05) is 10.9 Å². The highest BCUT2D eigenvalue weighted by atomic mass is 32.1. The van der Waals surface area contributed by atoms with E-state index in [9.17, 15) is 4.79 Å². The molecule has 0 radical (unpaired) electrons. The summed E-state index contributed by atoms with van der Waals surface area (Å²) in [6.07, 6.45) is -0.0977. The largest absolute Gasteiger partial charge is 0.481 e. The van der Waals surface area contributed by atoms with Gasteiger partial charge >= 0.3 is 5.97 Å². The molecule has 0 amide bonds. The van der Waals surface area contributed by atoms with Crippen LogP contribution in [0.1, 0.15) is 11.5 Å². The summed E-state index contributed by atoms with van der Waals surface area (Å²) in [6, 6.07) is 1.89. The first-order chi connectivity index (χ1) is 7.16. The van der Waals surface area contributed by atoms with Crippen LogP contribution in [-0.2, 0) is 11.2 Å². The van der Waals surface area contributed by atoms with E-state index in [1.807, 2.05) is 16.8 Å². The van der Waals surface area contributed by atoms with Crippen molar-refractivity contribution in [2.45, 2.75) is 13.3 Å². The normalized spacial score (nSPS) is 10.5. The van der Waals surface area contributed by atoms with E-state index in [1.165, 1.54) is 0 Å². The van der Waals surface area contributed by atoms with E-state index in [4.69, 9.17) is 9.52 Å². The van der Waals surface area contributed by atoms with Crippen molar-refractivity contribution >= 4 is 17.3 Å². The third-order valence-corrected chi connectivity index (χ3v) is 2.66. The van der Waals surface area contributed by atoms with Gasteiger partial charge in [-0.15, -0.1) is 0 Å². The highest BCUT2D eigenvalue weighted by Gasteiger charge is 2.13. The number of thiophene rings is 1. The Balaban J connectivity index is 2.33. The maximum Gasteiger partial charge on any atom is 0.309 e. The van der Waals surface area contributed by atoms with Crippen LogP contribution in [0.2, 0.25) is 0 Å². The van der Waals surface area contributed by atoms with E-state index < -0.39 is 5.97 Å². The van der Waals surface area contributed by atoms with Crippen LogP contribution in [0, 0.1) is 6.92 Å². The second kappa shape index (κ2) is 3.86. The van der Waals surface area contributed by atoms with Gasteiger partial charge < -0.3 is 9.52 Å².